The van der Waals surface area contributed by atoms with E-state index in [0.29, 0.717) is 5.84 Å². The van der Waals surface area contributed by atoms with Crippen LogP contribution in [0.2, 0.25) is 0 Å². The van der Waals surface area contributed by atoms with E-state index in [9.17, 15) is 0 Å². The molecule has 0 aromatic heterocycles. The predicted molar refractivity (Wildman–Crippen MR) is 84.2 cm³/mol. The van der Waals surface area contributed by atoms with E-state index in [0.717, 1.165) is 25.4 Å². The minimum Gasteiger partial charge on any atom is -0.409 e. The van der Waals surface area contributed by atoms with E-state index in [1.165, 1.54) is 32.4 Å². The van der Waals surface area contributed by atoms with Crippen LogP contribution in [0.25, 0.3) is 0 Å². The van der Waals surface area contributed by atoms with E-state index >= 15 is 0 Å². The highest BCUT2D eigenvalue weighted by Gasteiger charge is 2.23. The summed E-state index contributed by atoms with van der Waals surface area (Å²) in [5.41, 5.74) is 5.50. The molecule has 0 unspecified atom stereocenters. The molecule has 0 radical (unpaired) electrons. The average Bonchev–Trinajstić information content (AvgIpc) is 2.43. The second kappa shape index (κ2) is 7.84. The van der Waals surface area contributed by atoms with Gasteiger partial charge in [0.25, 0.3) is 0 Å². The summed E-state index contributed by atoms with van der Waals surface area (Å²) >= 11 is 0. The first-order valence-electron chi connectivity index (χ1n) is 7.73. The SMILES string of the molecule is CN1CCC(N(C)CCCCC(C)(C)C(N)=NO)CC1. The lowest BCUT2D eigenvalue weighted by molar-refractivity contribution is 0.142. The number of piperidine rings is 1. The van der Waals surface area contributed by atoms with Gasteiger partial charge in [-0.3, -0.25) is 0 Å². The zero-order valence-electron chi connectivity index (χ0n) is 13.6. The molecule has 1 aliphatic rings. The molecule has 1 heterocycles. The topological polar surface area (TPSA) is 65.1 Å². The molecule has 0 amide bonds. The summed E-state index contributed by atoms with van der Waals surface area (Å²) < 4.78 is 0. The zero-order chi connectivity index (χ0) is 15.2. The van der Waals surface area contributed by atoms with Gasteiger partial charge in [-0.2, -0.15) is 0 Å². The van der Waals surface area contributed by atoms with Crippen molar-refractivity contribution in [2.24, 2.45) is 16.3 Å². The number of oxime groups is 1. The number of hydrogen-bond donors (Lipinski definition) is 2. The Bertz CT molecular complexity index is 309. The number of nitrogens with two attached hydrogens (primary N) is 1. The lowest BCUT2D eigenvalue weighted by atomic mass is 9.86. The highest BCUT2D eigenvalue weighted by molar-refractivity contribution is 5.85. The summed E-state index contributed by atoms with van der Waals surface area (Å²) in [7, 11) is 4.44. The Hall–Kier alpha value is -0.810. The Morgan fingerprint density at radius 2 is 1.95 bits per heavy atom. The Kier molecular flexibility index (Phi) is 6.76. The molecule has 1 saturated heterocycles. The second-order valence-electron chi connectivity index (χ2n) is 6.84. The number of rotatable bonds is 7. The number of unbranched alkanes of at least 4 members (excludes halogenated alkanes) is 1. The van der Waals surface area contributed by atoms with Crippen LogP contribution in [-0.2, 0) is 0 Å². The molecular weight excluding hydrogens is 252 g/mol. The Labute approximate surface area is 123 Å². The highest BCUT2D eigenvalue weighted by Crippen LogP contribution is 2.23. The quantitative estimate of drug-likeness (QED) is 0.247. The molecule has 0 aliphatic carbocycles. The smallest absolute Gasteiger partial charge is 0.144 e. The molecule has 0 aromatic carbocycles. The largest absolute Gasteiger partial charge is 0.409 e. The molecule has 0 spiro atoms. The van der Waals surface area contributed by atoms with Crippen molar-refractivity contribution in [3.05, 3.63) is 0 Å². The van der Waals surface area contributed by atoms with Crippen LogP contribution in [0.15, 0.2) is 5.16 Å². The molecule has 1 fully saturated rings. The van der Waals surface area contributed by atoms with Crippen LogP contribution in [0, 0.1) is 5.41 Å². The molecule has 118 valence electrons. The molecule has 1 aliphatic heterocycles. The summed E-state index contributed by atoms with van der Waals surface area (Å²) in [6, 6.07) is 0.739. The Morgan fingerprint density at radius 3 is 2.50 bits per heavy atom. The van der Waals surface area contributed by atoms with Crippen molar-refractivity contribution >= 4 is 5.84 Å². The lowest BCUT2D eigenvalue weighted by Crippen LogP contribution is -2.42. The van der Waals surface area contributed by atoms with Crippen molar-refractivity contribution in [1.29, 1.82) is 0 Å². The fraction of sp³-hybridized carbons (Fsp3) is 0.933. The van der Waals surface area contributed by atoms with E-state index < -0.39 is 0 Å². The van der Waals surface area contributed by atoms with E-state index in [2.05, 4.69) is 29.1 Å². The van der Waals surface area contributed by atoms with Crippen molar-refractivity contribution in [3.8, 4) is 0 Å². The van der Waals surface area contributed by atoms with Gasteiger partial charge in [0.05, 0.1) is 0 Å². The van der Waals surface area contributed by atoms with E-state index in [1.807, 2.05) is 13.8 Å². The van der Waals surface area contributed by atoms with E-state index in [-0.39, 0.29) is 5.41 Å². The Balaban J connectivity index is 2.21. The van der Waals surface area contributed by atoms with Crippen LogP contribution in [0.5, 0.6) is 0 Å². The van der Waals surface area contributed by atoms with E-state index in [1.54, 1.807) is 0 Å². The van der Waals surface area contributed by atoms with Gasteiger partial charge in [0, 0.05) is 11.5 Å². The van der Waals surface area contributed by atoms with Crippen molar-refractivity contribution in [3.63, 3.8) is 0 Å². The number of hydrogen-bond acceptors (Lipinski definition) is 4. The molecule has 20 heavy (non-hydrogen) atoms. The first kappa shape index (κ1) is 17.2. The average molecular weight is 284 g/mol. The third kappa shape index (κ3) is 5.29. The minimum absolute atomic E-state index is 0.207. The number of amidine groups is 1. The van der Waals surface area contributed by atoms with Gasteiger partial charge < -0.3 is 20.7 Å². The number of likely N-dealkylation sites (tertiary alicyclic amines) is 1. The first-order chi connectivity index (χ1) is 9.36. The molecule has 0 aromatic rings. The maximum absolute atomic E-state index is 8.76. The van der Waals surface area contributed by atoms with Crippen molar-refractivity contribution in [1.82, 2.24) is 9.80 Å². The number of nitrogens with zero attached hydrogens (tertiary/aromatic N) is 3. The fourth-order valence-corrected chi connectivity index (χ4v) is 2.81. The van der Waals surface area contributed by atoms with Gasteiger partial charge in [-0.25, -0.2) is 0 Å². The molecule has 5 nitrogen and oxygen atoms in total. The molecule has 5 heteroatoms. The van der Waals surface area contributed by atoms with Gasteiger partial charge in [-0.05, 0) is 59.4 Å². The zero-order valence-corrected chi connectivity index (χ0v) is 13.6. The Morgan fingerprint density at radius 1 is 1.35 bits per heavy atom. The molecule has 1 rings (SSSR count). The minimum atomic E-state index is -0.207. The first-order valence-corrected chi connectivity index (χ1v) is 7.73. The van der Waals surface area contributed by atoms with Crippen LogP contribution in [0.1, 0.15) is 46.0 Å². The normalized spacial score (nSPS) is 19.8. The van der Waals surface area contributed by atoms with Gasteiger partial charge >= 0.3 is 0 Å². The van der Waals surface area contributed by atoms with Crippen LogP contribution >= 0.6 is 0 Å². The highest BCUT2D eigenvalue weighted by atomic mass is 16.4. The third-order valence-corrected chi connectivity index (χ3v) is 4.68. The summed E-state index contributed by atoms with van der Waals surface area (Å²) in [4.78, 5) is 4.91. The molecule has 0 atom stereocenters. The summed E-state index contributed by atoms with van der Waals surface area (Å²) in [5, 5.41) is 11.9. The van der Waals surface area contributed by atoms with Gasteiger partial charge in [-0.15, -0.1) is 0 Å². The van der Waals surface area contributed by atoms with E-state index in [4.69, 9.17) is 10.9 Å². The van der Waals surface area contributed by atoms with Crippen LogP contribution in [-0.4, -0.2) is 60.6 Å². The predicted octanol–water partition coefficient (Wildman–Crippen LogP) is 1.96. The summed E-state index contributed by atoms with van der Waals surface area (Å²) in [5.74, 6) is 0.334. The standard InChI is InChI=1S/C15H32N4O/c1-15(2,14(16)17-20)9-5-6-10-19(4)13-7-11-18(3)12-8-13/h13,20H,5-12H2,1-4H3,(H2,16,17). The van der Waals surface area contributed by atoms with Crippen LogP contribution in [0.3, 0.4) is 0 Å². The lowest BCUT2D eigenvalue weighted by Gasteiger charge is -2.35. The van der Waals surface area contributed by atoms with Gasteiger partial charge in [0.15, 0.2) is 0 Å². The maximum Gasteiger partial charge on any atom is 0.144 e. The molecule has 3 N–H and O–H groups in total. The van der Waals surface area contributed by atoms with Crippen LogP contribution < -0.4 is 5.73 Å². The van der Waals surface area contributed by atoms with Gasteiger partial charge in [-0.1, -0.05) is 25.4 Å². The van der Waals surface area contributed by atoms with Gasteiger partial charge in [0.2, 0.25) is 0 Å². The van der Waals surface area contributed by atoms with Crippen molar-refractivity contribution in [2.45, 2.75) is 52.0 Å². The molecular formula is C15H32N4O. The summed E-state index contributed by atoms with van der Waals surface area (Å²) in [6.07, 6.45) is 5.81. The maximum atomic E-state index is 8.76. The van der Waals surface area contributed by atoms with Gasteiger partial charge in [0.1, 0.15) is 5.84 Å². The monoisotopic (exact) mass is 284 g/mol. The molecule has 0 bridgehead atoms. The van der Waals surface area contributed by atoms with Crippen molar-refractivity contribution in [2.75, 3.05) is 33.7 Å². The third-order valence-electron chi connectivity index (χ3n) is 4.68. The molecule has 0 saturated carbocycles. The second-order valence-corrected chi connectivity index (χ2v) is 6.84. The summed E-state index contributed by atoms with van der Waals surface area (Å²) in [6.45, 7) is 7.63. The fourth-order valence-electron chi connectivity index (χ4n) is 2.81. The van der Waals surface area contributed by atoms with Crippen LogP contribution in [0.4, 0.5) is 0 Å². The van der Waals surface area contributed by atoms with Crippen molar-refractivity contribution < 1.29 is 5.21 Å².